The second-order valence-corrected chi connectivity index (χ2v) is 8.25. The molecule has 1 aliphatic rings. The minimum absolute atomic E-state index is 0.0914. The van der Waals surface area contributed by atoms with E-state index in [1.54, 1.807) is 25.3 Å². The van der Waals surface area contributed by atoms with E-state index in [0.717, 1.165) is 54.2 Å². The Morgan fingerprint density at radius 2 is 1.82 bits per heavy atom. The van der Waals surface area contributed by atoms with Gasteiger partial charge in [0.05, 0.1) is 19.2 Å². The minimum Gasteiger partial charge on any atom is -0.496 e. The highest BCUT2D eigenvalue weighted by atomic mass is 19.1. The number of pyridine rings is 1. The number of nitrogen functional groups attached to an aromatic ring is 1. The largest absolute Gasteiger partial charge is 0.496 e. The van der Waals surface area contributed by atoms with Gasteiger partial charge in [-0.1, -0.05) is 30.3 Å². The van der Waals surface area contributed by atoms with Crippen molar-refractivity contribution in [3.63, 3.8) is 0 Å². The molecule has 0 spiro atoms. The Bertz CT molecular complexity index is 1100. The summed E-state index contributed by atoms with van der Waals surface area (Å²) in [5.41, 5.74) is 9.58. The van der Waals surface area contributed by atoms with Crippen molar-refractivity contribution in [3.8, 4) is 17.0 Å². The number of anilines is 1. The van der Waals surface area contributed by atoms with Gasteiger partial charge in [0.15, 0.2) is 0 Å². The van der Waals surface area contributed by atoms with Crippen LogP contribution >= 0.6 is 0 Å². The summed E-state index contributed by atoms with van der Waals surface area (Å²) in [6.07, 6.45) is 1.17. The molecule has 0 atom stereocenters. The molecular formula is C26H29FN4O2. The number of hydrogen-bond acceptors (Lipinski definition) is 5. The average molecular weight is 449 g/mol. The Morgan fingerprint density at radius 3 is 2.52 bits per heavy atom. The Kier molecular flexibility index (Phi) is 7.19. The molecule has 1 saturated heterocycles. The molecule has 0 aliphatic carbocycles. The zero-order valence-corrected chi connectivity index (χ0v) is 18.8. The lowest BCUT2D eigenvalue weighted by Gasteiger charge is -2.35. The molecule has 1 aliphatic heterocycles. The summed E-state index contributed by atoms with van der Waals surface area (Å²) >= 11 is 0. The smallest absolute Gasteiger partial charge is 0.227 e. The van der Waals surface area contributed by atoms with Crippen LogP contribution < -0.4 is 10.5 Å². The third-order valence-electron chi connectivity index (χ3n) is 6.04. The number of nitrogens with two attached hydrogens (primary N) is 1. The van der Waals surface area contributed by atoms with Gasteiger partial charge in [-0.25, -0.2) is 9.37 Å². The molecule has 33 heavy (non-hydrogen) atoms. The first-order chi connectivity index (χ1) is 16.0. The molecule has 3 aromatic rings. The fourth-order valence-electron chi connectivity index (χ4n) is 4.11. The van der Waals surface area contributed by atoms with Crippen molar-refractivity contribution in [1.82, 2.24) is 14.8 Å². The number of benzene rings is 2. The van der Waals surface area contributed by atoms with Crippen LogP contribution in [0.2, 0.25) is 0 Å². The molecule has 4 rings (SSSR count). The number of carbonyl (C=O) groups excluding carboxylic acids is 1. The molecule has 0 unspecified atom stereocenters. The summed E-state index contributed by atoms with van der Waals surface area (Å²) < 4.78 is 18.7. The van der Waals surface area contributed by atoms with E-state index in [4.69, 9.17) is 10.5 Å². The van der Waals surface area contributed by atoms with Crippen LogP contribution in [0.3, 0.4) is 0 Å². The number of rotatable bonds is 7. The average Bonchev–Trinajstić information content (AvgIpc) is 2.84. The fraction of sp³-hybridized carbons (Fsp3) is 0.308. The van der Waals surface area contributed by atoms with Crippen molar-refractivity contribution >= 4 is 11.7 Å². The summed E-state index contributed by atoms with van der Waals surface area (Å²) in [6.45, 7) is 3.98. The molecule has 7 heteroatoms. The maximum absolute atomic E-state index is 13.1. The van der Waals surface area contributed by atoms with Gasteiger partial charge in [0.1, 0.15) is 17.4 Å². The van der Waals surface area contributed by atoms with Gasteiger partial charge in [-0.3, -0.25) is 9.69 Å². The van der Waals surface area contributed by atoms with Crippen LogP contribution in [-0.4, -0.2) is 60.5 Å². The maximum Gasteiger partial charge on any atom is 0.227 e. The lowest BCUT2D eigenvalue weighted by molar-refractivity contribution is -0.132. The van der Waals surface area contributed by atoms with E-state index in [1.165, 1.54) is 12.1 Å². The zero-order chi connectivity index (χ0) is 23.2. The molecule has 1 amide bonds. The normalized spacial score (nSPS) is 14.3. The van der Waals surface area contributed by atoms with Crippen LogP contribution in [0.4, 0.5) is 10.2 Å². The van der Waals surface area contributed by atoms with Crippen LogP contribution in [0.15, 0.2) is 60.7 Å². The minimum atomic E-state index is -0.285. The second kappa shape index (κ2) is 10.4. The van der Waals surface area contributed by atoms with Crippen molar-refractivity contribution < 1.29 is 13.9 Å². The van der Waals surface area contributed by atoms with E-state index in [9.17, 15) is 9.18 Å². The summed E-state index contributed by atoms with van der Waals surface area (Å²) in [7, 11) is 1.68. The number of carbonyl (C=O) groups is 1. The Balaban J connectivity index is 1.29. The summed E-state index contributed by atoms with van der Waals surface area (Å²) in [6, 6.07) is 17.9. The van der Waals surface area contributed by atoms with Crippen LogP contribution in [0.5, 0.6) is 5.75 Å². The van der Waals surface area contributed by atoms with Crippen molar-refractivity contribution in [2.45, 2.75) is 12.8 Å². The zero-order valence-electron chi connectivity index (χ0n) is 18.8. The van der Waals surface area contributed by atoms with E-state index >= 15 is 0 Å². The lowest BCUT2D eigenvalue weighted by Crippen LogP contribution is -2.49. The molecule has 0 radical (unpaired) electrons. The topological polar surface area (TPSA) is 71.7 Å². The quantitative estimate of drug-likeness (QED) is 0.600. The van der Waals surface area contributed by atoms with E-state index in [0.29, 0.717) is 25.3 Å². The molecule has 172 valence electrons. The monoisotopic (exact) mass is 448 g/mol. The summed E-state index contributed by atoms with van der Waals surface area (Å²) in [4.78, 5) is 21.2. The highest BCUT2D eigenvalue weighted by Gasteiger charge is 2.21. The molecule has 0 bridgehead atoms. The number of nitrogens with zero attached hydrogens (tertiary/aromatic N) is 3. The molecule has 2 heterocycles. The van der Waals surface area contributed by atoms with E-state index < -0.39 is 0 Å². The Morgan fingerprint density at radius 1 is 1.06 bits per heavy atom. The molecular weight excluding hydrogens is 419 g/mol. The van der Waals surface area contributed by atoms with Gasteiger partial charge in [0.2, 0.25) is 5.91 Å². The van der Waals surface area contributed by atoms with E-state index in [-0.39, 0.29) is 11.7 Å². The Labute approximate surface area is 193 Å². The molecule has 6 nitrogen and oxygen atoms in total. The van der Waals surface area contributed by atoms with Gasteiger partial charge < -0.3 is 15.4 Å². The number of piperazine rings is 1. The van der Waals surface area contributed by atoms with Crippen molar-refractivity contribution in [2.24, 2.45) is 0 Å². The van der Waals surface area contributed by atoms with Gasteiger partial charge in [-0.05, 0) is 47.9 Å². The van der Waals surface area contributed by atoms with Crippen LogP contribution in [-0.2, 0) is 17.6 Å². The van der Waals surface area contributed by atoms with Crippen LogP contribution in [0, 0.1) is 5.82 Å². The molecule has 1 fully saturated rings. The first-order valence-electron chi connectivity index (χ1n) is 11.2. The first kappa shape index (κ1) is 22.7. The number of aromatic nitrogens is 1. The van der Waals surface area contributed by atoms with Crippen molar-refractivity contribution in [3.05, 3.63) is 77.6 Å². The van der Waals surface area contributed by atoms with Gasteiger partial charge in [-0.2, -0.15) is 0 Å². The van der Waals surface area contributed by atoms with E-state index in [2.05, 4.69) is 16.0 Å². The predicted octanol–water partition coefficient (Wildman–Crippen LogP) is 3.41. The first-order valence-corrected chi connectivity index (χ1v) is 11.2. The van der Waals surface area contributed by atoms with E-state index in [1.807, 2.05) is 29.2 Å². The highest BCUT2D eigenvalue weighted by molar-refractivity contribution is 5.78. The van der Waals surface area contributed by atoms with Gasteiger partial charge >= 0.3 is 0 Å². The fourth-order valence-corrected chi connectivity index (χ4v) is 4.11. The number of halogens is 1. The SMILES string of the molecule is COc1cc(-c2cccc(N)n2)ccc1CCN1CCN(C(=O)Cc2ccc(F)cc2)CC1. The number of amides is 1. The standard InChI is InChI=1S/C26H29FN4O2/c1-33-24-18-21(23-3-2-4-25(28)29-23)8-7-20(24)11-12-30-13-15-31(16-14-30)26(32)17-19-5-9-22(27)10-6-19/h2-10,18H,11-17H2,1H3,(H2,28,29). The summed E-state index contributed by atoms with van der Waals surface area (Å²) in [5, 5.41) is 0. The van der Waals surface area contributed by atoms with Crippen molar-refractivity contribution in [2.75, 3.05) is 45.6 Å². The highest BCUT2D eigenvalue weighted by Crippen LogP contribution is 2.27. The third kappa shape index (κ3) is 5.87. The molecule has 2 aromatic carbocycles. The maximum atomic E-state index is 13.1. The van der Waals surface area contributed by atoms with Gasteiger partial charge in [0, 0.05) is 38.3 Å². The molecule has 1 aromatic heterocycles. The van der Waals surface area contributed by atoms with Crippen LogP contribution in [0.1, 0.15) is 11.1 Å². The predicted molar refractivity (Wildman–Crippen MR) is 127 cm³/mol. The molecule has 0 saturated carbocycles. The molecule has 2 N–H and O–H groups in total. The number of ether oxygens (including phenoxy) is 1. The van der Waals surface area contributed by atoms with Gasteiger partial charge in [-0.15, -0.1) is 0 Å². The lowest BCUT2D eigenvalue weighted by atomic mass is 10.0. The Hall–Kier alpha value is -3.45. The second-order valence-electron chi connectivity index (χ2n) is 8.25. The summed E-state index contributed by atoms with van der Waals surface area (Å²) in [5.74, 6) is 1.14. The van der Waals surface area contributed by atoms with Crippen molar-refractivity contribution in [1.29, 1.82) is 0 Å². The third-order valence-corrected chi connectivity index (χ3v) is 6.04. The van der Waals surface area contributed by atoms with Gasteiger partial charge in [0.25, 0.3) is 0 Å². The number of hydrogen-bond donors (Lipinski definition) is 1. The van der Waals surface area contributed by atoms with Crippen LogP contribution in [0.25, 0.3) is 11.3 Å². The number of methoxy groups -OCH3 is 1.